The zero-order chi connectivity index (χ0) is 24.7. The number of carbonyl (C=O) groups excluding carboxylic acids is 2. The van der Waals surface area contributed by atoms with Crippen LogP contribution in [0.3, 0.4) is 0 Å². The Hall–Kier alpha value is -3.88. The molecular weight excluding hydrogens is 451 g/mol. The summed E-state index contributed by atoms with van der Waals surface area (Å²) >= 11 is 0. The zero-order valence-electron chi connectivity index (χ0n) is 19.9. The topological polar surface area (TPSA) is 84.0 Å². The Morgan fingerprint density at radius 1 is 1.20 bits per heavy atom. The van der Waals surface area contributed by atoms with Crippen LogP contribution in [-0.4, -0.2) is 60.3 Å². The highest BCUT2D eigenvalue weighted by molar-refractivity contribution is 6.32. The number of hydrogen-bond donors (Lipinski definition) is 1. The van der Waals surface area contributed by atoms with Gasteiger partial charge in [-0.2, -0.15) is 0 Å². The molecule has 0 atom stereocenters. The Balaban J connectivity index is 1.43. The first-order valence-corrected chi connectivity index (χ1v) is 11.7. The quantitative estimate of drug-likeness (QED) is 0.670. The Morgan fingerprint density at radius 3 is 2.71 bits per heavy atom. The van der Waals surface area contributed by atoms with Crippen LogP contribution in [0, 0.1) is 5.82 Å². The average molecular weight is 479 g/mol. The number of nitrogens with one attached hydrogen (secondary N) is 1. The maximum atomic E-state index is 13.6. The summed E-state index contributed by atoms with van der Waals surface area (Å²) in [5.74, 6) is 0.535. The highest BCUT2D eigenvalue weighted by Crippen LogP contribution is 2.44. The summed E-state index contributed by atoms with van der Waals surface area (Å²) in [7, 11) is 0. The zero-order valence-corrected chi connectivity index (χ0v) is 19.9. The molecule has 3 aliphatic heterocycles. The van der Waals surface area contributed by atoms with E-state index in [2.05, 4.69) is 15.2 Å². The summed E-state index contributed by atoms with van der Waals surface area (Å²) in [5.41, 5.74) is 2.61. The van der Waals surface area contributed by atoms with Crippen molar-refractivity contribution in [1.29, 1.82) is 0 Å². The molecular formula is C26H27FN4O4. The molecule has 3 aliphatic rings. The summed E-state index contributed by atoms with van der Waals surface area (Å²) < 4.78 is 25.0. The van der Waals surface area contributed by atoms with Gasteiger partial charge in [0.25, 0.3) is 5.91 Å². The number of allylic oxidation sites excluding steroid dienone is 1. The Kier molecular flexibility index (Phi) is 5.70. The van der Waals surface area contributed by atoms with Gasteiger partial charge in [-0.3, -0.25) is 4.79 Å². The Morgan fingerprint density at radius 2 is 1.97 bits per heavy atom. The van der Waals surface area contributed by atoms with Crippen LogP contribution in [0.1, 0.15) is 31.9 Å². The van der Waals surface area contributed by atoms with Gasteiger partial charge in [0.2, 0.25) is 0 Å². The molecule has 1 N–H and O–H groups in total. The fourth-order valence-electron chi connectivity index (χ4n) is 4.70. The lowest BCUT2D eigenvalue weighted by molar-refractivity contribution is -0.111. The van der Waals surface area contributed by atoms with Gasteiger partial charge in [-0.15, -0.1) is 0 Å². The number of aromatic nitrogens is 1. The molecule has 0 saturated carbocycles. The number of piperazine rings is 1. The highest BCUT2D eigenvalue weighted by atomic mass is 19.1. The number of benzene rings is 1. The molecule has 0 aliphatic carbocycles. The first-order valence-electron chi connectivity index (χ1n) is 11.7. The van der Waals surface area contributed by atoms with Crippen LogP contribution in [0.5, 0.6) is 0 Å². The highest BCUT2D eigenvalue weighted by Gasteiger charge is 2.38. The monoisotopic (exact) mass is 478 g/mol. The van der Waals surface area contributed by atoms with Gasteiger partial charge < -0.3 is 24.6 Å². The molecule has 1 fully saturated rings. The van der Waals surface area contributed by atoms with Gasteiger partial charge in [-0.05, 0) is 62.7 Å². The smallest absolute Gasteiger partial charge is 0.409 e. The maximum Gasteiger partial charge on any atom is 0.409 e. The van der Waals surface area contributed by atoms with Crippen molar-refractivity contribution in [3.05, 3.63) is 65.3 Å². The van der Waals surface area contributed by atoms with Crippen molar-refractivity contribution in [1.82, 2.24) is 9.88 Å². The molecule has 2 amide bonds. The summed E-state index contributed by atoms with van der Waals surface area (Å²) in [6, 6.07) is 8.15. The lowest BCUT2D eigenvalue weighted by Crippen LogP contribution is -2.49. The van der Waals surface area contributed by atoms with Gasteiger partial charge in [0.15, 0.2) is 0 Å². The fourth-order valence-corrected chi connectivity index (χ4v) is 4.70. The third kappa shape index (κ3) is 4.22. The molecule has 2 aromatic rings. The lowest BCUT2D eigenvalue weighted by Gasteiger charge is -2.35. The van der Waals surface area contributed by atoms with Crippen molar-refractivity contribution in [3.63, 3.8) is 0 Å². The number of amides is 2. The summed E-state index contributed by atoms with van der Waals surface area (Å²) in [6.45, 7) is 8.48. The third-order valence-electron chi connectivity index (χ3n) is 6.45. The van der Waals surface area contributed by atoms with E-state index < -0.39 is 11.4 Å². The predicted molar refractivity (Wildman–Crippen MR) is 130 cm³/mol. The van der Waals surface area contributed by atoms with Crippen LogP contribution in [0.4, 0.5) is 20.7 Å². The van der Waals surface area contributed by atoms with Gasteiger partial charge in [0.1, 0.15) is 23.0 Å². The molecule has 0 radical (unpaired) electrons. The molecule has 0 spiro atoms. The molecule has 0 unspecified atom stereocenters. The number of ether oxygens (including phenoxy) is 2. The molecule has 182 valence electrons. The number of carbonyl (C=O) groups is 2. The van der Waals surface area contributed by atoms with Crippen molar-refractivity contribution < 1.29 is 23.5 Å². The Bertz CT molecular complexity index is 1260. The third-order valence-corrected chi connectivity index (χ3v) is 6.45. The standard InChI is InChI=1S/C26H27FN4O4/c1-4-34-25(33)31-11-9-30(10-12-31)22-13-16(7-8-28-22)19-15-21(35-26(19,2)3)23-18-6-5-17(27)14-20(18)29-24(23)32/h5-8,13-15H,4,9-12H2,1-3H3,(H,29,32). The van der Waals surface area contributed by atoms with Gasteiger partial charge in [0.05, 0.1) is 17.9 Å². The number of nitrogens with zero attached hydrogens (tertiary/aromatic N) is 3. The minimum atomic E-state index is -0.688. The van der Waals surface area contributed by atoms with Crippen molar-refractivity contribution >= 4 is 34.7 Å². The van der Waals surface area contributed by atoms with Crippen LogP contribution >= 0.6 is 0 Å². The summed E-state index contributed by atoms with van der Waals surface area (Å²) in [4.78, 5) is 33.1. The minimum Gasteiger partial charge on any atom is -0.482 e. The van der Waals surface area contributed by atoms with Crippen LogP contribution in [0.15, 0.2) is 48.4 Å². The van der Waals surface area contributed by atoms with E-state index >= 15 is 0 Å². The molecule has 1 saturated heterocycles. The number of anilines is 2. The van der Waals surface area contributed by atoms with E-state index in [1.807, 2.05) is 32.1 Å². The second-order valence-electron chi connectivity index (χ2n) is 9.13. The van der Waals surface area contributed by atoms with Crippen molar-refractivity contribution in [3.8, 4) is 0 Å². The summed E-state index contributed by atoms with van der Waals surface area (Å²) in [5, 5.41) is 2.72. The molecule has 1 aromatic heterocycles. The van der Waals surface area contributed by atoms with E-state index in [1.165, 1.54) is 12.1 Å². The predicted octanol–water partition coefficient (Wildman–Crippen LogP) is 4.05. The van der Waals surface area contributed by atoms with E-state index in [-0.39, 0.29) is 12.0 Å². The van der Waals surface area contributed by atoms with Gasteiger partial charge in [-0.25, -0.2) is 14.2 Å². The summed E-state index contributed by atoms with van der Waals surface area (Å²) in [6.07, 6.45) is 3.35. The van der Waals surface area contributed by atoms with E-state index in [9.17, 15) is 14.0 Å². The molecule has 8 nitrogen and oxygen atoms in total. The van der Waals surface area contributed by atoms with E-state index in [0.717, 1.165) is 17.0 Å². The number of rotatable bonds is 3. The molecule has 4 heterocycles. The van der Waals surface area contributed by atoms with Crippen LogP contribution in [0.2, 0.25) is 0 Å². The van der Waals surface area contributed by atoms with Crippen molar-refractivity contribution in [2.75, 3.05) is 43.0 Å². The van der Waals surface area contributed by atoms with Crippen molar-refractivity contribution in [2.24, 2.45) is 0 Å². The molecule has 35 heavy (non-hydrogen) atoms. The second-order valence-corrected chi connectivity index (χ2v) is 9.13. The van der Waals surface area contributed by atoms with E-state index in [1.54, 1.807) is 24.1 Å². The SMILES string of the molecule is CCOC(=O)N1CCN(c2cc(C3=CC(=C4C(=O)Nc5cc(F)ccc54)OC3(C)C)ccn2)CC1. The molecule has 1 aromatic carbocycles. The number of fused-ring (bicyclic) bond motifs is 1. The van der Waals surface area contributed by atoms with Gasteiger partial charge >= 0.3 is 6.09 Å². The van der Waals surface area contributed by atoms with Crippen molar-refractivity contribution in [2.45, 2.75) is 26.4 Å². The average Bonchev–Trinajstić information content (AvgIpc) is 3.33. The minimum absolute atomic E-state index is 0.287. The van der Waals surface area contributed by atoms with Gasteiger partial charge in [0, 0.05) is 43.5 Å². The normalized spacial score (nSPS) is 20.8. The second kappa shape index (κ2) is 8.72. The number of halogens is 1. The van der Waals surface area contributed by atoms with Crippen LogP contribution < -0.4 is 10.2 Å². The number of hydrogen-bond acceptors (Lipinski definition) is 6. The van der Waals surface area contributed by atoms with Crippen LogP contribution in [-0.2, 0) is 14.3 Å². The number of pyridine rings is 1. The molecule has 0 bridgehead atoms. The maximum absolute atomic E-state index is 13.6. The van der Waals surface area contributed by atoms with E-state index in [0.29, 0.717) is 55.4 Å². The first-order chi connectivity index (χ1) is 16.8. The first kappa shape index (κ1) is 22.9. The van der Waals surface area contributed by atoms with Gasteiger partial charge in [-0.1, -0.05) is 0 Å². The largest absolute Gasteiger partial charge is 0.482 e. The Labute approximate surface area is 203 Å². The van der Waals surface area contributed by atoms with Crippen LogP contribution in [0.25, 0.3) is 11.1 Å². The molecule has 9 heteroatoms. The molecule has 5 rings (SSSR count). The van der Waals surface area contributed by atoms with E-state index in [4.69, 9.17) is 9.47 Å². The lowest BCUT2D eigenvalue weighted by atomic mass is 9.92. The fraction of sp³-hybridized carbons (Fsp3) is 0.346.